The average molecular weight is 395 g/mol. The van der Waals surface area contributed by atoms with Crippen molar-refractivity contribution in [2.24, 2.45) is 5.14 Å². The van der Waals surface area contributed by atoms with E-state index in [1.165, 1.54) is 12.1 Å². The van der Waals surface area contributed by atoms with Crippen molar-refractivity contribution >= 4 is 27.7 Å². The van der Waals surface area contributed by atoms with Crippen LogP contribution in [0.2, 0.25) is 0 Å². The predicted molar refractivity (Wildman–Crippen MR) is 103 cm³/mol. The molecule has 0 atom stereocenters. The van der Waals surface area contributed by atoms with E-state index in [9.17, 15) is 13.2 Å². The second kappa shape index (κ2) is 9.72. The Bertz CT molecular complexity index is 837. The molecular weight excluding hydrogens is 372 g/mol. The van der Waals surface area contributed by atoms with Crippen LogP contribution in [0.5, 0.6) is 0 Å². The first-order valence-electron chi connectivity index (χ1n) is 8.02. The Balaban J connectivity index is 1.91. The lowest BCUT2D eigenvalue weighted by Crippen LogP contribution is -2.26. The number of primary sulfonamides is 1. The van der Waals surface area contributed by atoms with Crippen molar-refractivity contribution in [2.45, 2.75) is 16.2 Å². The normalized spacial score (nSPS) is 11.3. The predicted octanol–water partition coefficient (Wildman–Crippen LogP) is 2.04. The van der Waals surface area contributed by atoms with Gasteiger partial charge in [0.1, 0.15) is 0 Å². The van der Waals surface area contributed by atoms with Gasteiger partial charge in [-0.3, -0.25) is 4.79 Å². The van der Waals surface area contributed by atoms with Gasteiger partial charge < -0.3 is 10.1 Å². The summed E-state index contributed by atoms with van der Waals surface area (Å²) in [7, 11) is -2.04. The summed E-state index contributed by atoms with van der Waals surface area (Å²) in [6.45, 7) is 1.07. The van der Waals surface area contributed by atoms with E-state index in [0.29, 0.717) is 25.1 Å². The van der Waals surface area contributed by atoms with Gasteiger partial charge in [-0.1, -0.05) is 24.3 Å². The molecule has 6 nitrogen and oxygen atoms in total. The minimum Gasteiger partial charge on any atom is -0.384 e. The zero-order valence-electron chi connectivity index (χ0n) is 14.5. The molecule has 0 aliphatic heterocycles. The summed E-state index contributed by atoms with van der Waals surface area (Å²) in [6.07, 6.45) is 0.593. The van der Waals surface area contributed by atoms with Crippen LogP contribution < -0.4 is 10.5 Å². The minimum absolute atomic E-state index is 0.0762. The quantitative estimate of drug-likeness (QED) is 0.501. The Labute approximate surface area is 158 Å². The number of methoxy groups -OCH3 is 1. The highest BCUT2D eigenvalue weighted by atomic mass is 32.2. The first kappa shape index (κ1) is 20.4. The smallest absolute Gasteiger partial charge is 0.252 e. The summed E-state index contributed by atoms with van der Waals surface area (Å²) >= 11 is 1.58. The molecule has 0 aliphatic rings. The standard InChI is InChI=1S/C18H22N2O4S2/c1-24-12-13-25-17-5-3-2-4-16(17)18(21)20-11-10-14-6-8-15(9-7-14)26(19,22)23/h2-9H,10-13H2,1H3,(H,20,21)(H2,19,22,23). The number of benzene rings is 2. The third-order valence-electron chi connectivity index (χ3n) is 3.63. The van der Waals surface area contributed by atoms with Gasteiger partial charge in [0, 0.05) is 24.3 Å². The van der Waals surface area contributed by atoms with E-state index < -0.39 is 10.0 Å². The number of ether oxygens (including phenoxy) is 1. The van der Waals surface area contributed by atoms with Crippen LogP contribution in [0.15, 0.2) is 58.3 Å². The minimum atomic E-state index is -3.69. The molecular formula is C18H22N2O4S2. The molecule has 0 bridgehead atoms. The highest BCUT2D eigenvalue weighted by molar-refractivity contribution is 7.99. The third kappa shape index (κ3) is 6.14. The monoisotopic (exact) mass is 394 g/mol. The molecule has 0 saturated heterocycles. The van der Waals surface area contributed by atoms with E-state index in [2.05, 4.69) is 5.32 Å². The number of rotatable bonds is 9. The van der Waals surface area contributed by atoms with Gasteiger partial charge in [-0.25, -0.2) is 13.6 Å². The van der Waals surface area contributed by atoms with Crippen LogP contribution >= 0.6 is 11.8 Å². The fraction of sp³-hybridized carbons (Fsp3) is 0.278. The Morgan fingerprint density at radius 2 is 1.85 bits per heavy atom. The van der Waals surface area contributed by atoms with Crippen LogP contribution in [0.1, 0.15) is 15.9 Å². The fourth-order valence-corrected chi connectivity index (χ4v) is 3.75. The molecule has 0 heterocycles. The van der Waals surface area contributed by atoms with Crippen molar-refractivity contribution < 1.29 is 17.9 Å². The Kier molecular flexibility index (Phi) is 7.65. The largest absolute Gasteiger partial charge is 0.384 e. The number of sulfonamides is 1. The third-order valence-corrected chi connectivity index (χ3v) is 5.59. The molecule has 0 aromatic heterocycles. The molecule has 2 aromatic rings. The molecule has 0 unspecified atom stereocenters. The lowest BCUT2D eigenvalue weighted by molar-refractivity contribution is 0.0951. The van der Waals surface area contributed by atoms with Gasteiger partial charge in [0.05, 0.1) is 17.1 Å². The van der Waals surface area contributed by atoms with Crippen LogP contribution in [-0.4, -0.2) is 40.3 Å². The van der Waals surface area contributed by atoms with E-state index in [1.807, 2.05) is 18.2 Å². The molecule has 0 saturated carbocycles. The Morgan fingerprint density at radius 1 is 1.15 bits per heavy atom. The number of carbonyl (C=O) groups excluding carboxylic acids is 1. The van der Waals surface area contributed by atoms with Gasteiger partial charge in [-0.15, -0.1) is 11.8 Å². The molecule has 1 amide bonds. The summed E-state index contributed by atoms with van der Waals surface area (Å²) in [6, 6.07) is 13.8. The molecule has 140 valence electrons. The number of hydrogen-bond donors (Lipinski definition) is 2. The lowest BCUT2D eigenvalue weighted by Gasteiger charge is -2.10. The number of nitrogens with two attached hydrogens (primary N) is 1. The number of nitrogens with one attached hydrogen (secondary N) is 1. The summed E-state index contributed by atoms with van der Waals surface area (Å²) in [5, 5.41) is 7.97. The first-order valence-corrected chi connectivity index (χ1v) is 10.6. The molecule has 0 aliphatic carbocycles. The van der Waals surface area contributed by atoms with Gasteiger partial charge in [0.2, 0.25) is 10.0 Å². The van der Waals surface area contributed by atoms with Crippen molar-refractivity contribution in [1.82, 2.24) is 5.32 Å². The second-order valence-electron chi connectivity index (χ2n) is 5.53. The van der Waals surface area contributed by atoms with Gasteiger partial charge in [0.25, 0.3) is 5.91 Å². The van der Waals surface area contributed by atoms with Crippen LogP contribution in [-0.2, 0) is 21.2 Å². The van der Waals surface area contributed by atoms with E-state index >= 15 is 0 Å². The molecule has 0 spiro atoms. The molecule has 26 heavy (non-hydrogen) atoms. The molecule has 2 aromatic carbocycles. The van der Waals surface area contributed by atoms with Crippen LogP contribution in [0.25, 0.3) is 0 Å². The molecule has 0 radical (unpaired) electrons. The maximum Gasteiger partial charge on any atom is 0.252 e. The van der Waals surface area contributed by atoms with Crippen molar-refractivity contribution in [3.63, 3.8) is 0 Å². The SMILES string of the molecule is COCCSc1ccccc1C(=O)NCCc1ccc(S(N)(=O)=O)cc1. The number of carbonyl (C=O) groups is 1. The molecule has 2 rings (SSSR count). The average Bonchev–Trinajstić information content (AvgIpc) is 2.62. The van der Waals surface area contributed by atoms with Crippen molar-refractivity contribution in [3.8, 4) is 0 Å². The zero-order valence-corrected chi connectivity index (χ0v) is 16.1. The first-order chi connectivity index (χ1) is 12.4. The zero-order chi connectivity index (χ0) is 19.0. The highest BCUT2D eigenvalue weighted by Gasteiger charge is 2.11. The molecule has 0 fully saturated rings. The van der Waals surface area contributed by atoms with Crippen molar-refractivity contribution in [2.75, 3.05) is 26.0 Å². The van der Waals surface area contributed by atoms with Crippen LogP contribution in [0.4, 0.5) is 0 Å². The van der Waals surface area contributed by atoms with E-state index in [4.69, 9.17) is 9.88 Å². The van der Waals surface area contributed by atoms with Gasteiger partial charge in [-0.2, -0.15) is 0 Å². The summed E-state index contributed by atoms with van der Waals surface area (Å²) < 4.78 is 27.5. The maximum absolute atomic E-state index is 12.4. The summed E-state index contributed by atoms with van der Waals surface area (Å²) in [5.41, 5.74) is 1.55. The van der Waals surface area contributed by atoms with Crippen molar-refractivity contribution in [3.05, 3.63) is 59.7 Å². The lowest BCUT2D eigenvalue weighted by atomic mass is 10.1. The van der Waals surface area contributed by atoms with Gasteiger partial charge >= 0.3 is 0 Å². The Morgan fingerprint density at radius 3 is 2.50 bits per heavy atom. The van der Waals surface area contributed by atoms with E-state index in [0.717, 1.165) is 16.2 Å². The highest BCUT2D eigenvalue weighted by Crippen LogP contribution is 2.22. The summed E-state index contributed by atoms with van der Waals surface area (Å²) in [4.78, 5) is 13.4. The van der Waals surface area contributed by atoms with Crippen LogP contribution in [0.3, 0.4) is 0 Å². The van der Waals surface area contributed by atoms with E-state index in [1.54, 1.807) is 37.1 Å². The maximum atomic E-state index is 12.4. The fourth-order valence-electron chi connectivity index (χ4n) is 2.28. The topological polar surface area (TPSA) is 98.5 Å². The van der Waals surface area contributed by atoms with E-state index in [-0.39, 0.29) is 10.8 Å². The number of hydrogen-bond acceptors (Lipinski definition) is 5. The molecule has 3 N–H and O–H groups in total. The Hall–Kier alpha value is -1.87. The summed E-state index contributed by atoms with van der Waals surface area (Å²) in [5.74, 6) is 0.642. The van der Waals surface area contributed by atoms with Crippen molar-refractivity contribution in [1.29, 1.82) is 0 Å². The van der Waals surface area contributed by atoms with Gasteiger partial charge in [0.15, 0.2) is 0 Å². The van der Waals surface area contributed by atoms with Crippen LogP contribution in [0, 0.1) is 0 Å². The second-order valence-corrected chi connectivity index (χ2v) is 8.23. The van der Waals surface area contributed by atoms with Gasteiger partial charge in [-0.05, 0) is 36.2 Å². The molecule has 8 heteroatoms. The number of thioether (sulfide) groups is 1. The number of amides is 1.